The lowest BCUT2D eigenvalue weighted by atomic mass is 9.94. The van der Waals surface area contributed by atoms with E-state index in [1.807, 2.05) is 6.07 Å². The summed E-state index contributed by atoms with van der Waals surface area (Å²) in [5.74, 6) is 1.90. The van der Waals surface area contributed by atoms with Crippen molar-refractivity contribution in [1.29, 1.82) is 0 Å². The second-order valence-corrected chi connectivity index (χ2v) is 5.57. The summed E-state index contributed by atoms with van der Waals surface area (Å²) in [7, 11) is 0. The second-order valence-electron chi connectivity index (χ2n) is 5.57. The molecule has 0 aromatic heterocycles. The first-order valence-corrected chi connectivity index (χ1v) is 7.66. The van der Waals surface area contributed by atoms with Crippen LogP contribution in [0.15, 0.2) is 30.4 Å². The van der Waals surface area contributed by atoms with Gasteiger partial charge in [0.25, 0.3) is 5.91 Å². The number of carbonyl (C=O) groups excluding carboxylic acids is 1. The molecule has 1 N–H and O–H groups in total. The third-order valence-electron chi connectivity index (χ3n) is 3.94. The Kier molecular flexibility index (Phi) is 4.43. The Morgan fingerprint density at radius 2 is 2.05 bits per heavy atom. The summed E-state index contributed by atoms with van der Waals surface area (Å²) in [5, 5.41) is 3.02. The van der Waals surface area contributed by atoms with Gasteiger partial charge in [-0.1, -0.05) is 12.2 Å². The number of carbonyl (C=O) groups is 1. The number of benzene rings is 1. The molecule has 1 aliphatic carbocycles. The van der Waals surface area contributed by atoms with Gasteiger partial charge >= 0.3 is 0 Å². The van der Waals surface area contributed by atoms with Crippen molar-refractivity contribution in [2.45, 2.75) is 25.7 Å². The Labute approximate surface area is 125 Å². The van der Waals surface area contributed by atoms with E-state index in [0.717, 1.165) is 38.0 Å². The van der Waals surface area contributed by atoms with Crippen LogP contribution in [0.3, 0.4) is 0 Å². The Balaban J connectivity index is 1.61. The number of amides is 1. The molecule has 0 saturated heterocycles. The van der Waals surface area contributed by atoms with Crippen LogP contribution in [0.5, 0.6) is 11.5 Å². The van der Waals surface area contributed by atoms with Crippen LogP contribution in [-0.4, -0.2) is 25.7 Å². The van der Waals surface area contributed by atoms with Crippen LogP contribution in [0.4, 0.5) is 0 Å². The monoisotopic (exact) mass is 287 g/mol. The maximum absolute atomic E-state index is 12.2. The Hall–Kier alpha value is -1.97. The first-order valence-electron chi connectivity index (χ1n) is 7.66. The topological polar surface area (TPSA) is 47.6 Å². The summed E-state index contributed by atoms with van der Waals surface area (Å²) < 4.78 is 11.2. The van der Waals surface area contributed by atoms with Crippen molar-refractivity contribution in [3.8, 4) is 11.5 Å². The molecule has 0 radical (unpaired) electrons. The molecule has 1 amide bonds. The van der Waals surface area contributed by atoms with Gasteiger partial charge in [0.1, 0.15) is 0 Å². The minimum Gasteiger partial charge on any atom is -0.490 e. The van der Waals surface area contributed by atoms with Crippen molar-refractivity contribution in [2.75, 3.05) is 19.8 Å². The molecule has 4 nitrogen and oxygen atoms in total. The molecule has 0 fully saturated rings. The SMILES string of the molecule is O=C(NCC1CC=CCC1)c1ccc2c(c1)OCCCO2. The van der Waals surface area contributed by atoms with Crippen molar-refractivity contribution in [3.63, 3.8) is 0 Å². The van der Waals surface area contributed by atoms with Gasteiger partial charge in [-0.15, -0.1) is 0 Å². The zero-order chi connectivity index (χ0) is 14.5. The van der Waals surface area contributed by atoms with Gasteiger partial charge in [-0.2, -0.15) is 0 Å². The molecular weight excluding hydrogens is 266 g/mol. The van der Waals surface area contributed by atoms with E-state index >= 15 is 0 Å². The maximum atomic E-state index is 12.2. The van der Waals surface area contributed by atoms with E-state index in [4.69, 9.17) is 9.47 Å². The fraction of sp³-hybridized carbons (Fsp3) is 0.471. The molecule has 0 bridgehead atoms. The third-order valence-corrected chi connectivity index (χ3v) is 3.94. The molecular formula is C17H21NO3. The molecule has 1 aromatic carbocycles. The summed E-state index contributed by atoms with van der Waals surface area (Å²) in [6, 6.07) is 5.39. The van der Waals surface area contributed by atoms with Crippen molar-refractivity contribution < 1.29 is 14.3 Å². The maximum Gasteiger partial charge on any atom is 0.251 e. The summed E-state index contributed by atoms with van der Waals surface area (Å²) in [5.41, 5.74) is 0.630. The molecule has 0 spiro atoms. The lowest BCUT2D eigenvalue weighted by Crippen LogP contribution is -2.29. The van der Waals surface area contributed by atoms with E-state index in [-0.39, 0.29) is 5.91 Å². The predicted octanol–water partition coefficient (Wildman–Crippen LogP) is 2.93. The Bertz CT molecular complexity index is 539. The molecule has 1 unspecified atom stereocenters. The van der Waals surface area contributed by atoms with Crippen LogP contribution >= 0.6 is 0 Å². The average molecular weight is 287 g/mol. The number of ether oxygens (including phenoxy) is 2. The number of hydrogen-bond donors (Lipinski definition) is 1. The molecule has 4 heteroatoms. The predicted molar refractivity (Wildman–Crippen MR) is 80.9 cm³/mol. The number of nitrogens with one attached hydrogen (secondary N) is 1. The van der Waals surface area contributed by atoms with Crippen molar-refractivity contribution in [2.24, 2.45) is 5.92 Å². The zero-order valence-corrected chi connectivity index (χ0v) is 12.1. The van der Waals surface area contributed by atoms with Gasteiger partial charge in [-0.3, -0.25) is 4.79 Å². The van der Waals surface area contributed by atoms with Crippen LogP contribution < -0.4 is 14.8 Å². The van der Waals surface area contributed by atoms with E-state index in [0.29, 0.717) is 30.4 Å². The first-order chi connectivity index (χ1) is 10.3. The number of fused-ring (bicyclic) bond motifs is 1. The minimum atomic E-state index is -0.0415. The molecule has 112 valence electrons. The van der Waals surface area contributed by atoms with Crippen LogP contribution in [0.2, 0.25) is 0 Å². The second kappa shape index (κ2) is 6.66. The fourth-order valence-corrected chi connectivity index (χ4v) is 2.69. The molecule has 2 aliphatic rings. The van der Waals surface area contributed by atoms with E-state index in [9.17, 15) is 4.79 Å². The van der Waals surface area contributed by atoms with Gasteiger partial charge in [0.2, 0.25) is 0 Å². The van der Waals surface area contributed by atoms with Crippen molar-refractivity contribution >= 4 is 5.91 Å². The third kappa shape index (κ3) is 3.57. The van der Waals surface area contributed by atoms with Crippen LogP contribution in [-0.2, 0) is 0 Å². The molecule has 1 aromatic rings. The van der Waals surface area contributed by atoms with Crippen molar-refractivity contribution in [1.82, 2.24) is 5.32 Å². The van der Waals surface area contributed by atoms with Crippen LogP contribution in [0, 0.1) is 5.92 Å². The molecule has 3 rings (SSSR count). The Morgan fingerprint density at radius 3 is 2.86 bits per heavy atom. The minimum absolute atomic E-state index is 0.0415. The van der Waals surface area contributed by atoms with E-state index in [1.54, 1.807) is 12.1 Å². The summed E-state index contributed by atoms with van der Waals surface area (Å²) in [6.07, 6.45) is 8.60. The van der Waals surface area contributed by atoms with Gasteiger partial charge in [0, 0.05) is 18.5 Å². The van der Waals surface area contributed by atoms with Gasteiger partial charge in [-0.05, 0) is 43.4 Å². The van der Waals surface area contributed by atoms with E-state index in [2.05, 4.69) is 17.5 Å². The molecule has 1 heterocycles. The number of rotatable bonds is 3. The summed E-state index contributed by atoms with van der Waals surface area (Å²) in [6.45, 7) is 2.03. The normalized spacial score (nSPS) is 20.7. The fourth-order valence-electron chi connectivity index (χ4n) is 2.69. The average Bonchev–Trinajstić information content (AvgIpc) is 2.78. The zero-order valence-electron chi connectivity index (χ0n) is 12.1. The highest BCUT2D eigenvalue weighted by Crippen LogP contribution is 2.30. The highest BCUT2D eigenvalue weighted by Gasteiger charge is 2.15. The quantitative estimate of drug-likeness (QED) is 0.870. The van der Waals surface area contributed by atoms with Gasteiger partial charge in [0.15, 0.2) is 11.5 Å². The molecule has 1 aliphatic heterocycles. The highest BCUT2D eigenvalue weighted by molar-refractivity contribution is 5.94. The van der Waals surface area contributed by atoms with E-state index in [1.165, 1.54) is 0 Å². The first kappa shape index (κ1) is 14.0. The molecule has 0 saturated carbocycles. The highest BCUT2D eigenvalue weighted by atomic mass is 16.5. The largest absolute Gasteiger partial charge is 0.490 e. The molecule has 1 atom stereocenters. The smallest absolute Gasteiger partial charge is 0.251 e. The number of allylic oxidation sites excluding steroid dienone is 2. The van der Waals surface area contributed by atoms with Crippen LogP contribution in [0.25, 0.3) is 0 Å². The van der Waals surface area contributed by atoms with Gasteiger partial charge < -0.3 is 14.8 Å². The number of hydrogen-bond acceptors (Lipinski definition) is 3. The van der Waals surface area contributed by atoms with Crippen LogP contribution in [0.1, 0.15) is 36.0 Å². The lowest BCUT2D eigenvalue weighted by molar-refractivity contribution is 0.0946. The summed E-state index contributed by atoms with van der Waals surface area (Å²) in [4.78, 5) is 12.2. The van der Waals surface area contributed by atoms with Gasteiger partial charge in [-0.25, -0.2) is 0 Å². The summed E-state index contributed by atoms with van der Waals surface area (Å²) >= 11 is 0. The molecule has 21 heavy (non-hydrogen) atoms. The van der Waals surface area contributed by atoms with Gasteiger partial charge in [0.05, 0.1) is 13.2 Å². The van der Waals surface area contributed by atoms with E-state index < -0.39 is 0 Å². The lowest BCUT2D eigenvalue weighted by Gasteiger charge is -2.18. The Morgan fingerprint density at radius 1 is 1.19 bits per heavy atom. The standard InChI is InChI=1S/C17H21NO3/c19-17(18-12-13-5-2-1-3-6-13)14-7-8-15-16(11-14)21-10-4-9-20-15/h1-2,7-8,11,13H,3-6,9-10,12H2,(H,18,19). The van der Waals surface area contributed by atoms with Crippen molar-refractivity contribution in [3.05, 3.63) is 35.9 Å².